The van der Waals surface area contributed by atoms with Gasteiger partial charge in [0, 0.05) is 12.6 Å². The largest absolute Gasteiger partial charge is 0.313 e. The van der Waals surface area contributed by atoms with Crippen LogP contribution in [0.4, 0.5) is 10.1 Å². The summed E-state index contributed by atoms with van der Waals surface area (Å²) in [4.78, 5) is -0.271. The number of anilines is 1. The molecule has 126 valence electrons. The van der Waals surface area contributed by atoms with Crippen LogP contribution in [0.25, 0.3) is 0 Å². The molecule has 0 aromatic heterocycles. The van der Waals surface area contributed by atoms with Crippen LogP contribution in [-0.2, 0) is 20.0 Å². The quantitative estimate of drug-likeness (QED) is 0.630. The second-order valence-electron chi connectivity index (χ2n) is 4.83. The highest BCUT2D eigenvalue weighted by molar-refractivity contribution is 7.92. The van der Waals surface area contributed by atoms with E-state index in [0.717, 1.165) is 24.5 Å². The fourth-order valence-corrected chi connectivity index (χ4v) is 3.39. The minimum atomic E-state index is -3.86. The molecule has 0 aliphatic carbocycles. The van der Waals surface area contributed by atoms with Crippen LogP contribution in [0, 0.1) is 5.82 Å². The highest BCUT2D eigenvalue weighted by Crippen LogP contribution is 2.19. The summed E-state index contributed by atoms with van der Waals surface area (Å²) in [6.45, 7) is 4.56. The molecular weight excluding hydrogens is 333 g/mol. The fraction of sp³-hybridized carbons (Fsp3) is 0.500. The Morgan fingerprint density at radius 1 is 1.23 bits per heavy atom. The topological polar surface area (TPSA) is 104 Å². The minimum Gasteiger partial charge on any atom is -0.313 e. The second-order valence-corrected chi connectivity index (χ2v) is 8.34. The lowest BCUT2D eigenvalue weighted by atomic mass is 10.3. The summed E-state index contributed by atoms with van der Waals surface area (Å²) < 4.78 is 64.3. The van der Waals surface area contributed by atoms with Crippen LogP contribution in [0.3, 0.4) is 0 Å². The SMILES string of the molecule is CCN[C@H](C)CNS(=O)(=O)c1ccc(NS(C)(=O)=O)c(F)c1. The first-order valence-corrected chi connectivity index (χ1v) is 9.93. The number of nitrogens with one attached hydrogen (secondary N) is 3. The van der Waals surface area contributed by atoms with E-state index >= 15 is 0 Å². The van der Waals surface area contributed by atoms with Crippen molar-refractivity contribution in [2.24, 2.45) is 0 Å². The van der Waals surface area contributed by atoms with E-state index in [1.165, 1.54) is 0 Å². The predicted molar refractivity (Wildman–Crippen MR) is 83.2 cm³/mol. The monoisotopic (exact) mass is 353 g/mol. The molecule has 0 saturated carbocycles. The van der Waals surface area contributed by atoms with Gasteiger partial charge in [-0.1, -0.05) is 6.92 Å². The zero-order chi connectivity index (χ0) is 17.0. The summed E-state index contributed by atoms with van der Waals surface area (Å²) >= 11 is 0. The molecule has 0 heterocycles. The summed E-state index contributed by atoms with van der Waals surface area (Å²) in [5.74, 6) is -0.965. The van der Waals surface area contributed by atoms with E-state index in [4.69, 9.17) is 0 Å². The highest BCUT2D eigenvalue weighted by Gasteiger charge is 2.18. The van der Waals surface area contributed by atoms with E-state index in [-0.39, 0.29) is 23.2 Å². The van der Waals surface area contributed by atoms with E-state index in [9.17, 15) is 21.2 Å². The normalized spacial score (nSPS) is 13.8. The Bertz CT molecular complexity index is 720. The number of rotatable bonds is 8. The van der Waals surface area contributed by atoms with Crippen molar-refractivity contribution in [3.8, 4) is 0 Å². The third-order valence-electron chi connectivity index (χ3n) is 2.68. The van der Waals surface area contributed by atoms with Crippen molar-refractivity contribution >= 4 is 25.7 Å². The van der Waals surface area contributed by atoms with Crippen molar-refractivity contribution < 1.29 is 21.2 Å². The predicted octanol–water partition coefficient (Wildman–Crippen LogP) is 0.474. The molecule has 1 rings (SSSR count). The van der Waals surface area contributed by atoms with Gasteiger partial charge in [-0.05, 0) is 31.7 Å². The third-order valence-corrected chi connectivity index (χ3v) is 4.69. The molecule has 10 heteroatoms. The standard InChI is InChI=1S/C12H20FN3O4S2/c1-4-14-9(2)8-15-22(19,20)10-5-6-12(11(13)7-10)16-21(3,17)18/h5-7,9,14-16H,4,8H2,1-3H3/t9-/m1/s1. The molecule has 1 aromatic carbocycles. The summed E-state index contributed by atoms with van der Waals surface area (Å²) in [5.41, 5.74) is -0.303. The lowest BCUT2D eigenvalue weighted by Gasteiger charge is -2.14. The molecule has 1 atom stereocenters. The summed E-state index contributed by atoms with van der Waals surface area (Å²) in [6.07, 6.45) is 0.876. The van der Waals surface area contributed by atoms with Crippen molar-refractivity contribution in [2.45, 2.75) is 24.8 Å². The van der Waals surface area contributed by atoms with E-state index in [2.05, 4.69) is 10.0 Å². The van der Waals surface area contributed by atoms with Crippen LogP contribution in [0.2, 0.25) is 0 Å². The van der Waals surface area contributed by atoms with Crippen LogP contribution >= 0.6 is 0 Å². The maximum Gasteiger partial charge on any atom is 0.240 e. The van der Waals surface area contributed by atoms with Gasteiger partial charge >= 0.3 is 0 Å². The Balaban J connectivity index is 2.90. The molecular formula is C12H20FN3O4S2. The molecule has 0 unspecified atom stereocenters. The number of halogens is 1. The van der Waals surface area contributed by atoms with Crippen molar-refractivity contribution in [3.63, 3.8) is 0 Å². The molecule has 0 aliphatic rings. The fourth-order valence-electron chi connectivity index (χ4n) is 1.68. The zero-order valence-electron chi connectivity index (χ0n) is 12.6. The molecule has 0 bridgehead atoms. The first-order chi connectivity index (χ1) is 10.0. The maximum atomic E-state index is 13.8. The van der Waals surface area contributed by atoms with Gasteiger partial charge in [0.1, 0.15) is 5.82 Å². The van der Waals surface area contributed by atoms with Gasteiger partial charge in [-0.15, -0.1) is 0 Å². The molecule has 0 aliphatic heterocycles. The number of likely N-dealkylation sites (N-methyl/N-ethyl adjacent to an activating group) is 1. The molecule has 22 heavy (non-hydrogen) atoms. The van der Waals surface area contributed by atoms with E-state index in [1.807, 2.05) is 18.6 Å². The summed E-state index contributed by atoms with van der Waals surface area (Å²) in [5, 5.41) is 3.04. The van der Waals surface area contributed by atoms with Crippen molar-refractivity contribution in [1.82, 2.24) is 10.0 Å². The van der Waals surface area contributed by atoms with Gasteiger partial charge in [-0.3, -0.25) is 4.72 Å². The molecule has 0 saturated heterocycles. The summed E-state index contributed by atoms with van der Waals surface area (Å²) in [6, 6.07) is 2.90. The van der Waals surface area contributed by atoms with Gasteiger partial charge in [0.2, 0.25) is 20.0 Å². The first kappa shape index (κ1) is 18.8. The van der Waals surface area contributed by atoms with Crippen LogP contribution in [0.5, 0.6) is 0 Å². The van der Waals surface area contributed by atoms with Gasteiger partial charge in [-0.2, -0.15) is 0 Å². The Morgan fingerprint density at radius 3 is 2.36 bits per heavy atom. The van der Waals surface area contributed by atoms with Crippen LogP contribution in [0.15, 0.2) is 23.1 Å². The molecule has 0 amide bonds. The van der Waals surface area contributed by atoms with E-state index in [0.29, 0.717) is 6.54 Å². The van der Waals surface area contributed by atoms with Gasteiger partial charge in [0.15, 0.2) is 0 Å². The van der Waals surface area contributed by atoms with Gasteiger partial charge < -0.3 is 5.32 Å². The van der Waals surface area contributed by atoms with Crippen LogP contribution in [0.1, 0.15) is 13.8 Å². The number of benzene rings is 1. The van der Waals surface area contributed by atoms with Crippen LogP contribution < -0.4 is 14.8 Å². The van der Waals surface area contributed by atoms with Gasteiger partial charge in [0.05, 0.1) is 16.8 Å². The maximum absolute atomic E-state index is 13.8. The minimum absolute atomic E-state index is 0.0733. The van der Waals surface area contributed by atoms with E-state index < -0.39 is 25.9 Å². The van der Waals surface area contributed by atoms with Crippen LogP contribution in [-0.4, -0.2) is 42.2 Å². The molecule has 0 radical (unpaired) electrons. The Labute approximate surface area is 130 Å². The second kappa shape index (κ2) is 7.36. The Hall–Kier alpha value is -1.23. The molecule has 1 aromatic rings. The highest BCUT2D eigenvalue weighted by atomic mass is 32.2. The van der Waals surface area contributed by atoms with E-state index in [1.54, 1.807) is 0 Å². The lowest BCUT2D eigenvalue weighted by molar-refractivity contribution is 0.535. The molecule has 7 nitrogen and oxygen atoms in total. The average molecular weight is 353 g/mol. The third kappa shape index (κ3) is 5.87. The van der Waals surface area contributed by atoms with Crippen molar-refractivity contribution in [1.29, 1.82) is 0 Å². The molecule has 3 N–H and O–H groups in total. The Morgan fingerprint density at radius 2 is 1.86 bits per heavy atom. The zero-order valence-corrected chi connectivity index (χ0v) is 14.2. The Kier molecular flexibility index (Phi) is 6.29. The first-order valence-electron chi connectivity index (χ1n) is 6.55. The molecule has 0 fully saturated rings. The van der Waals surface area contributed by atoms with Gasteiger partial charge in [-0.25, -0.2) is 25.9 Å². The smallest absolute Gasteiger partial charge is 0.240 e. The number of hydrogen-bond acceptors (Lipinski definition) is 5. The molecule has 0 spiro atoms. The number of sulfonamides is 2. The van der Waals surface area contributed by atoms with Crippen molar-refractivity contribution in [2.75, 3.05) is 24.1 Å². The average Bonchev–Trinajstić information content (AvgIpc) is 2.38. The number of hydrogen-bond donors (Lipinski definition) is 3. The van der Waals surface area contributed by atoms with Gasteiger partial charge in [0.25, 0.3) is 0 Å². The summed E-state index contributed by atoms with van der Waals surface area (Å²) in [7, 11) is -7.50. The van der Waals surface area contributed by atoms with Crippen molar-refractivity contribution in [3.05, 3.63) is 24.0 Å². The lowest BCUT2D eigenvalue weighted by Crippen LogP contribution is -2.38.